The van der Waals surface area contributed by atoms with Gasteiger partial charge in [-0.25, -0.2) is 0 Å². The van der Waals surface area contributed by atoms with Crippen LogP contribution in [0.2, 0.25) is 0 Å². The highest BCUT2D eigenvalue weighted by molar-refractivity contribution is 5.95. The Kier molecular flexibility index (Phi) is 8.06. The summed E-state index contributed by atoms with van der Waals surface area (Å²) in [5, 5.41) is 5.00. The van der Waals surface area contributed by atoms with Gasteiger partial charge in [0.1, 0.15) is 5.75 Å². The summed E-state index contributed by atoms with van der Waals surface area (Å²) in [7, 11) is 0. The molecular formula is C21H23F3N2O3. The lowest BCUT2D eigenvalue weighted by Gasteiger charge is -2.13. The van der Waals surface area contributed by atoms with Crippen LogP contribution >= 0.6 is 0 Å². The molecule has 2 aromatic carbocycles. The van der Waals surface area contributed by atoms with E-state index in [0.29, 0.717) is 13.0 Å². The number of carbonyl (C=O) groups excluding carboxylic acids is 2. The van der Waals surface area contributed by atoms with E-state index in [2.05, 4.69) is 10.6 Å². The minimum absolute atomic E-state index is 0.0243. The van der Waals surface area contributed by atoms with Gasteiger partial charge in [0.15, 0.2) is 0 Å². The number of para-hydroxylation sites is 1. The van der Waals surface area contributed by atoms with E-state index < -0.39 is 23.2 Å². The van der Waals surface area contributed by atoms with Gasteiger partial charge in [0.2, 0.25) is 5.91 Å². The van der Waals surface area contributed by atoms with E-state index in [4.69, 9.17) is 4.74 Å². The average Bonchev–Trinajstić information content (AvgIpc) is 2.69. The lowest BCUT2D eigenvalue weighted by Crippen LogP contribution is -2.35. The van der Waals surface area contributed by atoms with Gasteiger partial charge in [-0.2, -0.15) is 13.2 Å². The van der Waals surface area contributed by atoms with E-state index in [0.717, 1.165) is 23.4 Å². The van der Waals surface area contributed by atoms with Crippen molar-refractivity contribution >= 4 is 11.8 Å². The third kappa shape index (κ3) is 7.14. The molecule has 0 aromatic heterocycles. The van der Waals surface area contributed by atoms with E-state index in [1.807, 2.05) is 31.2 Å². The molecule has 0 atom stereocenters. The molecule has 0 fully saturated rings. The van der Waals surface area contributed by atoms with Gasteiger partial charge in [-0.3, -0.25) is 9.59 Å². The van der Waals surface area contributed by atoms with Crippen LogP contribution in [0.3, 0.4) is 0 Å². The Balaban J connectivity index is 1.66. The van der Waals surface area contributed by atoms with Crippen LogP contribution in [0, 0.1) is 6.92 Å². The second-order valence-electron chi connectivity index (χ2n) is 6.37. The van der Waals surface area contributed by atoms with Crippen molar-refractivity contribution < 1.29 is 27.5 Å². The van der Waals surface area contributed by atoms with Crippen molar-refractivity contribution in [2.24, 2.45) is 0 Å². The van der Waals surface area contributed by atoms with Gasteiger partial charge >= 0.3 is 6.18 Å². The Morgan fingerprint density at radius 2 is 1.62 bits per heavy atom. The molecule has 2 aromatic rings. The number of amides is 2. The molecule has 29 heavy (non-hydrogen) atoms. The Bertz CT molecular complexity index is 838. The first kappa shape index (κ1) is 22.3. The molecule has 156 valence electrons. The number of halogens is 3. The first-order valence-corrected chi connectivity index (χ1v) is 9.18. The van der Waals surface area contributed by atoms with Crippen LogP contribution in [-0.4, -0.2) is 31.5 Å². The zero-order chi connectivity index (χ0) is 21.3. The predicted molar refractivity (Wildman–Crippen MR) is 103 cm³/mol. The van der Waals surface area contributed by atoms with E-state index in [1.165, 1.54) is 12.1 Å². The Morgan fingerprint density at radius 3 is 2.34 bits per heavy atom. The minimum Gasteiger partial charge on any atom is -0.493 e. The topological polar surface area (TPSA) is 67.4 Å². The highest BCUT2D eigenvalue weighted by atomic mass is 19.4. The monoisotopic (exact) mass is 408 g/mol. The van der Waals surface area contributed by atoms with Gasteiger partial charge in [-0.1, -0.05) is 30.3 Å². The number of nitrogens with one attached hydrogen (secondary N) is 2. The summed E-state index contributed by atoms with van der Waals surface area (Å²) in [4.78, 5) is 23.8. The number of hydrogen-bond donors (Lipinski definition) is 2. The van der Waals surface area contributed by atoms with Gasteiger partial charge in [-0.05, 0) is 37.1 Å². The molecule has 0 aliphatic rings. The summed E-state index contributed by atoms with van der Waals surface area (Å²) in [5.74, 6) is -0.281. The molecule has 2 amide bonds. The molecule has 0 aliphatic heterocycles. The SMILES string of the molecule is Cc1ccccc1OCCCC(=O)NCCNC(=O)c1ccccc1C(F)(F)F. The molecule has 5 nitrogen and oxygen atoms in total. The van der Waals surface area contributed by atoms with Crippen molar-refractivity contribution in [1.29, 1.82) is 0 Å². The Labute approximate surface area is 167 Å². The first-order valence-electron chi connectivity index (χ1n) is 9.18. The fourth-order valence-electron chi connectivity index (χ4n) is 2.62. The van der Waals surface area contributed by atoms with E-state index in [9.17, 15) is 22.8 Å². The van der Waals surface area contributed by atoms with Crippen molar-refractivity contribution in [2.45, 2.75) is 25.9 Å². The maximum Gasteiger partial charge on any atom is 0.417 e. The van der Waals surface area contributed by atoms with E-state index >= 15 is 0 Å². The molecule has 2 N–H and O–H groups in total. The summed E-state index contributed by atoms with van der Waals surface area (Å²) >= 11 is 0. The van der Waals surface area contributed by atoms with Crippen molar-refractivity contribution in [1.82, 2.24) is 10.6 Å². The zero-order valence-electron chi connectivity index (χ0n) is 16.0. The highest BCUT2D eigenvalue weighted by Crippen LogP contribution is 2.31. The second kappa shape index (κ2) is 10.5. The minimum atomic E-state index is -4.61. The molecule has 0 saturated heterocycles. The van der Waals surface area contributed by atoms with Crippen LogP contribution in [0.15, 0.2) is 48.5 Å². The normalized spacial score (nSPS) is 11.0. The number of benzene rings is 2. The standard InChI is InChI=1S/C21H23F3N2O3/c1-15-7-2-5-10-18(15)29-14-6-11-19(27)25-12-13-26-20(28)16-8-3-4-9-17(16)21(22,23)24/h2-5,7-10H,6,11-14H2,1H3,(H,25,27)(H,26,28). The number of alkyl halides is 3. The summed E-state index contributed by atoms with van der Waals surface area (Å²) in [5.41, 5.74) is -0.422. The summed E-state index contributed by atoms with van der Waals surface area (Å²) in [6.45, 7) is 2.47. The van der Waals surface area contributed by atoms with Crippen LogP contribution in [0.4, 0.5) is 13.2 Å². The van der Waals surface area contributed by atoms with Crippen molar-refractivity contribution in [3.63, 3.8) is 0 Å². The van der Waals surface area contributed by atoms with Crippen molar-refractivity contribution in [3.8, 4) is 5.75 Å². The Hall–Kier alpha value is -3.03. The molecule has 2 rings (SSSR count). The molecule has 0 spiro atoms. The average molecular weight is 408 g/mol. The molecule has 0 bridgehead atoms. The van der Waals surface area contributed by atoms with Gasteiger partial charge in [0, 0.05) is 19.5 Å². The predicted octanol–water partition coefficient (Wildman–Crippen LogP) is 3.72. The highest BCUT2D eigenvalue weighted by Gasteiger charge is 2.34. The molecule has 0 saturated carbocycles. The smallest absolute Gasteiger partial charge is 0.417 e. The second-order valence-corrected chi connectivity index (χ2v) is 6.37. The van der Waals surface area contributed by atoms with Crippen LogP contribution in [0.5, 0.6) is 5.75 Å². The van der Waals surface area contributed by atoms with Crippen LogP contribution < -0.4 is 15.4 Å². The van der Waals surface area contributed by atoms with Crippen molar-refractivity contribution in [2.75, 3.05) is 19.7 Å². The maximum atomic E-state index is 12.9. The summed E-state index contributed by atoms with van der Waals surface area (Å²) in [6.07, 6.45) is -3.84. The Morgan fingerprint density at radius 1 is 0.966 bits per heavy atom. The number of aryl methyl sites for hydroxylation is 1. The molecule has 0 aliphatic carbocycles. The molecular weight excluding hydrogens is 385 g/mol. The fraction of sp³-hybridized carbons (Fsp3) is 0.333. The number of rotatable bonds is 9. The lowest BCUT2D eigenvalue weighted by molar-refractivity contribution is -0.138. The third-order valence-corrected chi connectivity index (χ3v) is 4.11. The van der Waals surface area contributed by atoms with E-state index in [1.54, 1.807) is 0 Å². The van der Waals surface area contributed by atoms with Crippen LogP contribution in [0.1, 0.15) is 34.3 Å². The number of carbonyl (C=O) groups is 2. The zero-order valence-corrected chi connectivity index (χ0v) is 16.0. The quantitative estimate of drug-likeness (QED) is 0.622. The summed E-state index contributed by atoms with van der Waals surface area (Å²) in [6, 6.07) is 12.1. The lowest BCUT2D eigenvalue weighted by atomic mass is 10.1. The first-order chi connectivity index (χ1) is 13.8. The molecule has 0 heterocycles. The fourth-order valence-corrected chi connectivity index (χ4v) is 2.62. The molecule has 8 heteroatoms. The molecule has 0 radical (unpaired) electrons. The maximum absolute atomic E-state index is 12.9. The van der Waals surface area contributed by atoms with Gasteiger partial charge in [0.05, 0.1) is 17.7 Å². The summed E-state index contributed by atoms with van der Waals surface area (Å²) < 4.78 is 44.4. The third-order valence-electron chi connectivity index (χ3n) is 4.11. The number of ether oxygens (including phenoxy) is 1. The van der Waals surface area contributed by atoms with Gasteiger partial charge in [0.25, 0.3) is 5.91 Å². The van der Waals surface area contributed by atoms with Gasteiger partial charge in [-0.15, -0.1) is 0 Å². The van der Waals surface area contributed by atoms with E-state index in [-0.39, 0.29) is 25.4 Å². The van der Waals surface area contributed by atoms with Crippen molar-refractivity contribution in [3.05, 3.63) is 65.2 Å². The molecule has 0 unspecified atom stereocenters. The van der Waals surface area contributed by atoms with Gasteiger partial charge < -0.3 is 15.4 Å². The van der Waals surface area contributed by atoms with Crippen LogP contribution in [0.25, 0.3) is 0 Å². The largest absolute Gasteiger partial charge is 0.493 e. The van der Waals surface area contributed by atoms with Crippen LogP contribution in [-0.2, 0) is 11.0 Å². The number of hydrogen-bond acceptors (Lipinski definition) is 3.